The molecule has 1 aliphatic rings. The number of ether oxygens (including phenoxy) is 1. The number of aromatic nitrogens is 2. The second-order valence-electron chi connectivity index (χ2n) is 7.05. The van der Waals surface area contributed by atoms with Crippen LogP contribution in [0.15, 0.2) is 59.0 Å². The van der Waals surface area contributed by atoms with Crippen LogP contribution in [-0.2, 0) is 13.2 Å². The van der Waals surface area contributed by atoms with Crippen molar-refractivity contribution in [3.8, 4) is 5.75 Å². The van der Waals surface area contributed by atoms with Crippen molar-refractivity contribution < 1.29 is 9.15 Å². The van der Waals surface area contributed by atoms with E-state index in [9.17, 15) is 0 Å². The van der Waals surface area contributed by atoms with Gasteiger partial charge in [-0.1, -0.05) is 47.6 Å². The van der Waals surface area contributed by atoms with Gasteiger partial charge in [0, 0.05) is 26.1 Å². The van der Waals surface area contributed by atoms with Crippen molar-refractivity contribution in [3.05, 3.63) is 71.6 Å². The quantitative estimate of drug-likeness (QED) is 0.661. The Morgan fingerprint density at radius 1 is 1.07 bits per heavy atom. The third-order valence-corrected chi connectivity index (χ3v) is 4.70. The van der Waals surface area contributed by atoms with Crippen LogP contribution < -0.4 is 15.0 Å². The standard InChI is InChI=1S/C21H24N4O2/c1-25(2)21-24-23-20(27-21)13-22-19-12-18(19)16-8-10-17(11-9-16)26-14-15-6-4-3-5-7-15/h3-11,18-19,22H,12-14H2,1-2H3/t18-,19+/m1/s1. The molecule has 1 saturated carbocycles. The minimum Gasteiger partial charge on any atom is -0.489 e. The summed E-state index contributed by atoms with van der Waals surface area (Å²) in [5.41, 5.74) is 2.51. The molecule has 0 bridgehead atoms. The molecule has 0 saturated heterocycles. The molecule has 1 aliphatic carbocycles. The van der Waals surface area contributed by atoms with Crippen molar-refractivity contribution >= 4 is 6.01 Å². The molecule has 0 radical (unpaired) electrons. The molecule has 2 aromatic carbocycles. The Morgan fingerprint density at radius 2 is 1.85 bits per heavy atom. The topological polar surface area (TPSA) is 63.4 Å². The molecule has 0 spiro atoms. The fourth-order valence-corrected chi connectivity index (χ4v) is 3.06. The first-order chi connectivity index (χ1) is 13.2. The van der Waals surface area contributed by atoms with E-state index in [0.29, 0.717) is 37.0 Å². The third kappa shape index (κ3) is 4.46. The highest BCUT2D eigenvalue weighted by Crippen LogP contribution is 2.41. The second-order valence-corrected chi connectivity index (χ2v) is 7.05. The van der Waals surface area contributed by atoms with Crippen LogP contribution in [0.5, 0.6) is 5.75 Å². The number of anilines is 1. The lowest BCUT2D eigenvalue weighted by Gasteiger charge is -2.07. The highest BCUT2D eigenvalue weighted by atomic mass is 16.5. The van der Waals surface area contributed by atoms with Crippen LogP contribution >= 0.6 is 0 Å². The molecule has 3 aromatic rings. The number of hydrogen-bond acceptors (Lipinski definition) is 6. The van der Waals surface area contributed by atoms with Gasteiger partial charge in [-0.05, 0) is 29.7 Å². The molecule has 2 atom stereocenters. The SMILES string of the molecule is CN(C)c1nnc(CN[C@H]2C[C@@H]2c2ccc(OCc3ccccc3)cc2)o1. The van der Waals surface area contributed by atoms with Crippen LogP contribution in [0.3, 0.4) is 0 Å². The zero-order valence-corrected chi connectivity index (χ0v) is 15.6. The number of benzene rings is 2. The van der Waals surface area contributed by atoms with Crippen LogP contribution in [0.25, 0.3) is 0 Å². The smallest absolute Gasteiger partial charge is 0.317 e. The van der Waals surface area contributed by atoms with Gasteiger partial charge in [0.2, 0.25) is 5.89 Å². The molecule has 4 rings (SSSR count). The predicted octanol–water partition coefficient (Wildman–Crippen LogP) is 3.36. The minimum absolute atomic E-state index is 0.454. The van der Waals surface area contributed by atoms with E-state index >= 15 is 0 Å². The summed E-state index contributed by atoms with van der Waals surface area (Å²) in [6.45, 7) is 1.19. The van der Waals surface area contributed by atoms with Gasteiger partial charge in [-0.2, -0.15) is 0 Å². The van der Waals surface area contributed by atoms with E-state index in [4.69, 9.17) is 9.15 Å². The lowest BCUT2D eigenvalue weighted by molar-refractivity contribution is 0.306. The van der Waals surface area contributed by atoms with Gasteiger partial charge in [0.15, 0.2) is 0 Å². The molecular weight excluding hydrogens is 340 g/mol. The minimum atomic E-state index is 0.454. The largest absolute Gasteiger partial charge is 0.489 e. The van der Waals surface area contributed by atoms with E-state index in [1.807, 2.05) is 32.3 Å². The van der Waals surface area contributed by atoms with Crippen LogP contribution in [0.4, 0.5) is 6.01 Å². The van der Waals surface area contributed by atoms with E-state index in [-0.39, 0.29) is 0 Å². The molecule has 1 aromatic heterocycles. The predicted molar refractivity (Wildman–Crippen MR) is 104 cm³/mol. The van der Waals surface area contributed by atoms with E-state index in [2.05, 4.69) is 51.9 Å². The summed E-state index contributed by atoms with van der Waals surface area (Å²) in [4.78, 5) is 1.80. The maximum absolute atomic E-state index is 5.85. The van der Waals surface area contributed by atoms with Crippen molar-refractivity contribution in [1.82, 2.24) is 15.5 Å². The molecule has 1 heterocycles. The highest BCUT2D eigenvalue weighted by Gasteiger charge is 2.38. The lowest BCUT2D eigenvalue weighted by atomic mass is 10.1. The Hall–Kier alpha value is -2.86. The first-order valence-electron chi connectivity index (χ1n) is 9.19. The zero-order valence-electron chi connectivity index (χ0n) is 15.6. The summed E-state index contributed by atoms with van der Waals surface area (Å²) in [6.07, 6.45) is 1.12. The first kappa shape index (κ1) is 17.5. The van der Waals surface area contributed by atoms with Gasteiger partial charge in [0.25, 0.3) is 0 Å². The van der Waals surface area contributed by atoms with Gasteiger partial charge in [-0.15, -0.1) is 5.10 Å². The van der Waals surface area contributed by atoms with Gasteiger partial charge in [-0.3, -0.25) is 0 Å². The Balaban J connectivity index is 1.25. The van der Waals surface area contributed by atoms with Crippen LogP contribution in [0, 0.1) is 0 Å². The summed E-state index contributed by atoms with van der Waals surface area (Å²) in [5, 5.41) is 11.5. The summed E-state index contributed by atoms with van der Waals surface area (Å²) >= 11 is 0. The van der Waals surface area contributed by atoms with E-state index in [1.165, 1.54) is 11.1 Å². The normalized spacial score (nSPS) is 18.3. The fourth-order valence-electron chi connectivity index (χ4n) is 3.06. The molecule has 1 N–H and O–H groups in total. The van der Waals surface area contributed by atoms with E-state index < -0.39 is 0 Å². The number of nitrogens with one attached hydrogen (secondary N) is 1. The molecule has 6 heteroatoms. The Kier molecular flexibility index (Phi) is 5.07. The van der Waals surface area contributed by atoms with Gasteiger partial charge in [-0.25, -0.2) is 0 Å². The summed E-state index contributed by atoms with van der Waals surface area (Å²) in [6, 6.07) is 19.6. The van der Waals surface area contributed by atoms with Crippen molar-refractivity contribution in [2.24, 2.45) is 0 Å². The molecule has 6 nitrogen and oxygen atoms in total. The summed E-state index contributed by atoms with van der Waals surface area (Å²) < 4.78 is 11.4. The molecule has 0 aliphatic heterocycles. The van der Waals surface area contributed by atoms with Crippen molar-refractivity contribution in [2.45, 2.75) is 31.5 Å². The van der Waals surface area contributed by atoms with Gasteiger partial charge in [0.05, 0.1) is 6.54 Å². The number of rotatable bonds is 8. The van der Waals surface area contributed by atoms with Crippen LogP contribution in [-0.4, -0.2) is 30.3 Å². The molecule has 1 fully saturated rings. The Morgan fingerprint density at radius 3 is 2.56 bits per heavy atom. The molecular formula is C21H24N4O2. The van der Waals surface area contributed by atoms with Crippen molar-refractivity contribution in [2.75, 3.05) is 19.0 Å². The Labute approximate surface area is 159 Å². The molecule has 27 heavy (non-hydrogen) atoms. The molecule has 140 valence electrons. The number of nitrogens with zero attached hydrogens (tertiary/aromatic N) is 3. The Bertz CT molecular complexity index is 861. The number of hydrogen-bond donors (Lipinski definition) is 1. The van der Waals surface area contributed by atoms with Crippen LogP contribution in [0.2, 0.25) is 0 Å². The third-order valence-electron chi connectivity index (χ3n) is 4.70. The van der Waals surface area contributed by atoms with Gasteiger partial charge >= 0.3 is 6.01 Å². The fraction of sp³-hybridized carbons (Fsp3) is 0.333. The van der Waals surface area contributed by atoms with Crippen LogP contribution in [0.1, 0.15) is 29.4 Å². The average Bonchev–Trinajstić information content (AvgIpc) is 3.31. The highest BCUT2D eigenvalue weighted by molar-refractivity contribution is 5.34. The monoisotopic (exact) mass is 364 g/mol. The average molecular weight is 364 g/mol. The maximum Gasteiger partial charge on any atom is 0.317 e. The van der Waals surface area contributed by atoms with Gasteiger partial charge < -0.3 is 19.4 Å². The van der Waals surface area contributed by atoms with E-state index in [1.54, 1.807) is 4.90 Å². The summed E-state index contributed by atoms with van der Waals surface area (Å²) in [7, 11) is 3.77. The second kappa shape index (κ2) is 7.80. The molecule has 0 amide bonds. The maximum atomic E-state index is 5.85. The summed E-state index contributed by atoms with van der Waals surface area (Å²) in [5.74, 6) is 2.05. The zero-order chi connectivity index (χ0) is 18.6. The van der Waals surface area contributed by atoms with Crippen molar-refractivity contribution in [1.29, 1.82) is 0 Å². The first-order valence-corrected chi connectivity index (χ1v) is 9.19. The van der Waals surface area contributed by atoms with E-state index in [0.717, 1.165) is 12.2 Å². The molecule has 0 unspecified atom stereocenters. The lowest BCUT2D eigenvalue weighted by Crippen LogP contribution is -2.17. The van der Waals surface area contributed by atoms with Crippen molar-refractivity contribution in [3.63, 3.8) is 0 Å². The van der Waals surface area contributed by atoms with Gasteiger partial charge in [0.1, 0.15) is 12.4 Å².